The molecule has 0 saturated carbocycles. The van der Waals surface area contributed by atoms with Crippen molar-refractivity contribution in [3.63, 3.8) is 0 Å². The van der Waals surface area contributed by atoms with E-state index in [1.165, 1.54) is 0 Å². The molecule has 0 aliphatic heterocycles. The highest BCUT2D eigenvalue weighted by Crippen LogP contribution is 2.23. The number of hydrogen-bond donors (Lipinski definition) is 1. The van der Waals surface area contributed by atoms with Crippen LogP contribution in [0.1, 0.15) is 20.3 Å². The average Bonchev–Trinajstić information content (AvgIpc) is 2.55. The zero-order valence-electron chi connectivity index (χ0n) is 7.36. The number of thioether (sulfide) groups is 1. The summed E-state index contributed by atoms with van der Waals surface area (Å²) in [4.78, 5) is 4.01. The molecule has 2 unspecified atom stereocenters. The number of nitrogens with two attached hydrogens (primary N) is 1. The van der Waals surface area contributed by atoms with E-state index in [2.05, 4.69) is 18.8 Å². The molecular weight excluding hydrogens is 172 g/mol. The van der Waals surface area contributed by atoms with Gasteiger partial charge in [0.1, 0.15) is 6.26 Å². The number of rotatable bonds is 4. The van der Waals surface area contributed by atoms with Crippen molar-refractivity contribution in [1.82, 2.24) is 4.98 Å². The van der Waals surface area contributed by atoms with Crippen molar-refractivity contribution in [2.24, 2.45) is 5.73 Å². The topological polar surface area (TPSA) is 52.0 Å². The molecular formula is C8H14N2OS. The lowest BCUT2D eigenvalue weighted by Crippen LogP contribution is -2.29. The Hall–Kier alpha value is -0.480. The molecule has 3 nitrogen and oxygen atoms in total. The van der Waals surface area contributed by atoms with Crippen LogP contribution in [-0.4, -0.2) is 16.3 Å². The molecule has 0 radical (unpaired) electrons. The van der Waals surface area contributed by atoms with E-state index in [4.69, 9.17) is 10.2 Å². The lowest BCUT2D eigenvalue weighted by molar-refractivity contribution is 0.452. The first-order valence-electron chi connectivity index (χ1n) is 4.05. The quantitative estimate of drug-likeness (QED) is 0.730. The third kappa shape index (κ3) is 2.53. The molecule has 68 valence electrons. The van der Waals surface area contributed by atoms with E-state index in [-0.39, 0.29) is 6.04 Å². The molecule has 0 amide bonds. The molecule has 0 fully saturated rings. The first-order valence-corrected chi connectivity index (χ1v) is 4.93. The summed E-state index contributed by atoms with van der Waals surface area (Å²) in [7, 11) is 0. The smallest absolute Gasteiger partial charge is 0.255 e. The monoisotopic (exact) mass is 186 g/mol. The van der Waals surface area contributed by atoms with Gasteiger partial charge in [0.2, 0.25) is 0 Å². The minimum absolute atomic E-state index is 0.210. The molecule has 1 aromatic heterocycles. The SMILES string of the molecule is CCC(N)C(C)Sc1ncco1. The lowest BCUT2D eigenvalue weighted by atomic mass is 10.2. The first kappa shape index (κ1) is 9.61. The van der Waals surface area contributed by atoms with Crippen molar-refractivity contribution in [3.05, 3.63) is 12.5 Å². The minimum atomic E-state index is 0.210. The molecule has 2 N–H and O–H groups in total. The molecule has 0 spiro atoms. The second-order valence-corrected chi connectivity index (χ2v) is 4.02. The molecule has 1 heterocycles. The van der Waals surface area contributed by atoms with Gasteiger partial charge >= 0.3 is 0 Å². The van der Waals surface area contributed by atoms with Gasteiger partial charge in [-0.05, 0) is 6.42 Å². The van der Waals surface area contributed by atoms with E-state index < -0.39 is 0 Å². The lowest BCUT2D eigenvalue weighted by Gasteiger charge is -2.14. The van der Waals surface area contributed by atoms with E-state index in [0.717, 1.165) is 6.42 Å². The van der Waals surface area contributed by atoms with Crippen molar-refractivity contribution in [2.75, 3.05) is 0 Å². The predicted octanol–water partition coefficient (Wildman–Crippen LogP) is 1.89. The van der Waals surface area contributed by atoms with E-state index in [1.807, 2.05) is 0 Å². The fraction of sp³-hybridized carbons (Fsp3) is 0.625. The maximum atomic E-state index is 5.84. The summed E-state index contributed by atoms with van der Waals surface area (Å²) in [5, 5.41) is 1.06. The van der Waals surface area contributed by atoms with Gasteiger partial charge in [-0.2, -0.15) is 0 Å². The molecule has 4 heteroatoms. The van der Waals surface area contributed by atoms with Crippen LogP contribution in [0.25, 0.3) is 0 Å². The molecule has 0 saturated heterocycles. The van der Waals surface area contributed by atoms with Gasteiger partial charge in [0.25, 0.3) is 5.22 Å². The molecule has 0 aliphatic carbocycles. The highest BCUT2D eigenvalue weighted by atomic mass is 32.2. The molecule has 12 heavy (non-hydrogen) atoms. The highest BCUT2D eigenvalue weighted by molar-refractivity contribution is 7.99. The minimum Gasteiger partial charge on any atom is -0.440 e. The van der Waals surface area contributed by atoms with E-state index >= 15 is 0 Å². The zero-order chi connectivity index (χ0) is 8.97. The largest absolute Gasteiger partial charge is 0.440 e. The summed E-state index contributed by atoms with van der Waals surface area (Å²) in [5.74, 6) is 0. The second-order valence-electron chi connectivity index (χ2n) is 2.69. The van der Waals surface area contributed by atoms with Crippen LogP contribution in [0.5, 0.6) is 0 Å². The molecule has 1 rings (SSSR count). The number of nitrogens with zero attached hydrogens (tertiary/aromatic N) is 1. The third-order valence-corrected chi connectivity index (χ3v) is 2.90. The van der Waals surface area contributed by atoms with Crippen LogP contribution in [0, 0.1) is 0 Å². The summed E-state index contributed by atoms with van der Waals surface area (Å²) in [6.45, 7) is 4.17. The molecule has 0 aromatic carbocycles. The fourth-order valence-electron chi connectivity index (χ4n) is 0.847. The predicted molar refractivity (Wildman–Crippen MR) is 50.1 cm³/mol. The van der Waals surface area contributed by atoms with Gasteiger partial charge in [0.15, 0.2) is 0 Å². The average molecular weight is 186 g/mol. The molecule has 0 bridgehead atoms. The van der Waals surface area contributed by atoms with Crippen LogP contribution < -0.4 is 5.73 Å². The van der Waals surface area contributed by atoms with Crippen molar-refractivity contribution in [1.29, 1.82) is 0 Å². The number of hydrogen-bond acceptors (Lipinski definition) is 4. The summed E-state index contributed by atoms with van der Waals surface area (Å²) in [5.41, 5.74) is 5.84. The maximum absolute atomic E-state index is 5.84. The van der Waals surface area contributed by atoms with Gasteiger partial charge in [0, 0.05) is 11.3 Å². The van der Waals surface area contributed by atoms with Crippen molar-refractivity contribution in [2.45, 2.75) is 36.8 Å². The Bertz CT molecular complexity index is 213. The van der Waals surface area contributed by atoms with Crippen LogP contribution in [0.4, 0.5) is 0 Å². The van der Waals surface area contributed by atoms with Crippen LogP contribution in [-0.2, 0) is 0 Å². The van der Waals surface area contributed by atoms with Crippen LogP contribution in [0.2, 0.25) is 0 Å². The summed E-state index contributed by atoms with van der Waals surface area (Å²) in [6.07, 6.45) is 4.20. The van der Waals surface area contributed by atoms with Gasteiger partial charge < -0.3 is 10.2 Å². The zero-order valence-corrected chi connectivity index (χ0v) is 8.17. The number of oxazole rings is 1. The summed E-state index contributed by atoms with van der Waals surface area (Å²) < 4.78 is 5.10. The Morgan fingerprint density at radius 3 is 3.00 bits per heavy atom. The Labute approximate surface area is 76.7 Å². The van der Waals surface area contributed by atoms with Gasteiger partial charge in [-0.15, -0.1) is 0 Å². The van der Waals surface area contributed by atoms with E-state index in [0.29, 0.717) is 10.5 Å². The molecule has 2 atom stereocenters. The van der Waals surface area contributed by atoms with E-state index in [9.17, 15) is 0 Å². The Balaban J connectivity index is 2.41. The maximum Gasteiger partial charge on any atom is 0.255 e. The van der Waals surface area contributed by atoms with Crippen molar-refractivity contribution in [3.8, 4) is 0 Å². The number of aromatic nitrogens is 1. The van der Waals surface area contributed by atoms with Gasteiger partial charge in [-0.25, -0.2) is 4.98 Å². The Morgan fingerprint density at radius 1 is 1.75 bits per heavy atom. The fourth-order valence-corrected chi connectivity index (χ4v) is 1.77. The third-order valence-electron chi connectivity index (χ3n) is 1.77. The van der Waals surface area contributed by atoms with Crippen LogP contribution in [0.3, 0.4) is 0 Å². The Morgan fingerprint density at radius 2 is 2.50 bits per heavy atom. The standard InChI is InChI=1S/C8H14N2OS/c1-3-7(9)6(2)12-8-10-4-5-11-8/h4-7H,3,9H2,1-2H3. The highest BCUT2D eigenvalue weighted by Gasteiger charge is 2.13. The summed E-state index contributed by atoms with van der Waals surface area (Å²) >= 11 is 1.58. The van der Waals surface area contributed by atoms with E-state index in [1.54, 1.807) is 24.2 Å². The molecule has 1 aromatic rings. The van der Waals surface area contributed by atoms with Crippen LogP contribution >= 0.6 is 11.8 Å². The summed E-state index contributed by atoms with van der Waals surface area (Å²) in [6, 6.07) is 0.210. The normalized spacial score (nSPS) is 15.9. The Kier molecular flexibility index (Phi) is 3.62. The van der Waals surface area contributed by atoms with Gasteiger partial charge in [-0.1, -0.05) is 25.6 Å². The van der Waals surface area contributed by atoms with Crippen LogP contribution in [0.15, 0.2) is 22.1 Å². The first-order chi connectivity index (χ1) is 5.74. The second kappa shape index (κ2) is 4.52. The molecule has 0 aliphatic rings. The van der Waals surface area contributed by atoms with Gasteiger partial charge in [-0.3, -0.25) is 0 Å². The van der Waals surface area contributed by atoms with Crippen molar-refractivity contribution < 1.29 is 4.42 Å². The van der Waals surface area contributed by atoms with Crippen molar-refractivity contribution >= 4 is 11.8 Å². The van der Waals surface area contributed by atoms with Gasteiger partial charge in [0.05, 0.1) is 6.20 Å².